The molecule has 4 heterocycles. The number of ether oxygens (including phenoxy) is 1. The number of anilines is 1. The van der Waals surface area contributed by atoms with Gasteiger partial charge in [0, 0.05) is 57.8 Å². The number of methoxy groups -OCH3 is 1. The van der Waals surface area contributed by atoms with Crippen LogP contribution in [0.25, 0.3) is 22.1 Å². The van der Waals surface area contributed by atoms with Crippen molar-refractivity contribution in [2.24, 2.45) is 7.05 Å². The van der Waals surface area contributed by atoms with Crippen LogP contribution in [0.3, 0.4) is 0 Å². The summed E-state index contributed by atoms with van der Waals surface area (Å²) in [5, 5.41) is 13.8. The molecule has 4 aromatic rings. The normalized spacial score (nSPS) is 19.6. The van der Waals surface area contributed by atoms with Gasteiger partial charge in [-0.05, 0) is 31.5 Å². The van der Waals surface area contributed by atoms with Gasteiger partial charge >= 0.3 is 0 Å². The molecular formula is C26H30N8O2. The molecule has 1 aromatic carbocycles. The fraction of sp³-hybridized carbons (Fsp3) is 0.423. The minimum atomic E-state index is -0.0995. The van der Waals surface area contributed by atoms with Crippen molar-refractivity contribution in [3.8, 4) is 6.07 Å². The molecule has 1 saturated heterocycles. The Morgan fingerprint density at radius 2 is 1.97 bits per heavy atom. The second-order valence-corrected chi connectivity index (χ2v) is 9.43. The predicted molar refractivity (Wildman–Crippen MR) is 138 cm³/mol. The Kier molecular flexibility index (Phi) is 6.43. The number of benzene rings is 1. The number of fused-ring (bicyclic) bond motifs is 2. The number of hydrogen-bond acceptors (Lipinski definition) is 8. The summed E-state index contributed by atoms with van der Waals surface area (Å²) in [5.41, 5.74) is 5.08. The van der Waals surface area contributed by atoms with Crippen molar-refractivity contribution >= 4 is 27.8 Å². The Bertz CT molecular complexity index is 1500. The lowest BCUT2D eigenvalue weighted by molar-refractivity contribution is 0.0464. The fourth-order valence-corrected chi connectivity index (χ4v) is 5.26. The van der Waals surface area contributed by atoms with Gasteiger partial charge in [0.1, 0.15) is 12.1 Å². The van der Waals surface area contributed by atoms with E-state index in [-0.39, 0.29) is 30.2 Å². The van der Waals surface area contributed by atoms with Gasteiger partial charge < -0.3 is 14.2 Å². The van der Waals surface area contributed by atoms with E-state index in [1.165, 1.54) is 5.56 Å². The number of aryl methyl sites for hydroxylation is 1. The van der Waals surface area contributed by atoms with E-state index in [1.54, 1.807) is 48.1 Å². The molecule has 0 saturated carbocycles. The summed E-state index contributed by atoms with van der Waals surface area (Å²) in [6.07, 6.45) is 5.19. The molecule has 3 atom stereocenters. The summed E-state index contributed by atoms with van der Waals surface area (Å²) < 4.78 is 8.81. The Morgan fingerprint density at radius 1 is 1.19 bits per heavy atom. The molecule has 0 radical (unpaired) electrons. The highest BCUT2D eigenvalue weighted by Crippen LogP contribution is 2.33. The van der Waals surface area contributed by atoms with E-state index in [4.69, 9.17) is 10.00 Å². The lowest BCUT2D eigenvalue weighted by atomic mass is 9.99. The first kappa shape index (κ1) is 23.9. The first-order valence-electron chi connectivity index (χ1n) is 12.1. The van der Waals surface area contributed by atoms with E-state index in [9.17, 15) is 4.79 Å². The van der Waals surface area contributed by atoms with E-state index >= 15 is 0 Å². The fourth-order valence-electron chi connectivity index (χ4n) is 5.26. The van der Waals surface area contributed by atoms with Gasteiger partial charge in [0.2, 0.25) is 0 Å². The predicted octanol–water partition coefficient (Wildman–Crippen LogP) is 2.49. The highest BCUT2D eigenvalue weighted by molar-refractivity contribution is 5.88. The number of pyridine rings is 1. The number of nitriles is 1. The van der Waals surface area contributed by atoms with Gasteiger partial charge in [-0.3, -0.25) is 24.3 Å². The summed E-state index contributed by atoms with van der Waals surface area (Å²) in [7, 11) is 3.45. The summed E-state index contributed by atoms with van der Waals surface area (Å²) in [6.45, 7) is 6.53. The van der Waals surface area contributed by atoms with Crippen LogP contribution in [0.1, 0.15) is 25.5 Å². The number of aromatic nitrogens is 5. The lowest BCUT2D eigenvalue weighted by Crippen LogP contribution is -2.59. The standard InChI is InChI=1S/C26H30N8O2/c1-17-13-34(18(2)19-5-6-21-22(11-19)29-9-8-28-21)20(16-36-4)14-33(17)23-12-25(35)31(3)24-15-32(10-7-27)30-26(23)24/h5-6,8-9,11-12,15,17-18,20H,10,13-14,16H2,1-4H3/t17-,18?,20-/m0/s1. The molecule has 10 heteroatoms. The molecule has 1 unspecified atom stereocenters. The second kappa shape index (κ2) is 9.68. The zero-order valence-corrected chi connectivity index (χ0v) is 21.0. The van der Waals surface area contributed by atoms with Crippen LogP contribution in [0.2, 0.25) is 0 Å². The molecule has 0 aliphatic carbocycles. The highest BCUT2D eigenvalue weighted by atomic mass is 16.5. The lowest BCUT2D eigenvalue weighted by Gasteiger charge is -2.48. The van der Waals surface area contributed by atoms with Crippen LogP contribution in [0, 0.1) is 11.3 Å². The third-order valence-corrected chi connectivity index (χ3v) is 7.20. The van der Waals surface area contributed by atoms with E-state index in [0.29, 0.717) is 13.2 Å². The van der Waals surface area contributed by atoms with Gasteiger partial charge in [-0.1, -0.05) is 6.07 Å². The quantitative estimate of drug-likeness (QED) is 0.409. The van der Waals surface area contributed by atoms with Crippen molar-refractivity contribution in [3.63, 3.8) is 0 Å². The zero-order chi connectivity index (χ0) is 25.4. The first-order chi connectivity index (χ1) is 17.4. The Labute approximate surface area is 209 Å². The summed E-state index contributed by atoms with van der Waals surface area (Å²) in [5.74, 6) is 0. The smallest absolute Gasteiger partial charge is 0.252 e. The summed E-state index contributed by atoms with van der Waals surface area (Å²) >= 11 is 0. The summed E-state index contributed by atoms with van der Waals surface area (Å²) in [4.78, 5) is 26.4. The molecule has 0 amide bonds. The molecular weight excluding hydrogens is 456 g/mol. The minimum absolute atomic E-state index is 0.0963. The highest BCUT2D eigenvalue weighted by Gasteiger charge is 2.36. The SMILES string of the molecule is COC[C@@H]1CN(c2cc(=O)n(C)c3cn(CC#N)nc23)[C@@H](C)CN1C(C)c1ccc2nccnc2c1. The minimum Gasteiger partial charge on any atom is -0.383 e. The van der Waals surface area contributed by atoms with Crippen LogP contribution in [0.4, 0.5) is 5.69 Å². The van der Waals surface area contributed by atoms with Crippen molar-refractivity contribution in [2.75, 3.05) is 31.7 Å². The van der Waals surface area contributed by atoms with Crippen LogP contribution in [0.15, 0.2) is 47.7 Å². The maximum absolute atomic E-state index is 12.8. The third kappa shape index (κ3) is 4.21. The van der Waals surface area contributed by atoms with Crippen molar-refractivity contribution in [1.29, 1.82) is 5.26 Å². The van der Waals surface area contributed by atoms with Gasteiger partial charge in [-0.2, -0.15) is 10.4 Å². The Balaban J connectivity index is 1.49. The molecule has 5 rings (SSSR count). The maximum Gasteiger partial charge on any atom is 0.252 e. The second-order valence-electron chi connectivity index (χ2n) is 9.43. The molecule has 1 fully saturated rings. The van der Waals surface area contributed by atoms with E-state index < -0.39 is 0 Å². The number of piperazine rings is 1. The van der Waals surface area contributed by atoms with Gasteiger partial charge in [0.25, 0.3) is 5.56 Å². The van der Waals surface area contributed by atoms with Gasteiger partial charge in [-0.25, -0.2) is 0 Å². The van der Waals surface area contributed by atoms with Crippen molar-refractivity contribution < 1.29 is 4.74 Å². The van der Waals surface area contributed by atoms with Crippen molar-refractivity contribution in [3.05, 3.63) is 58.8 Å². The van der Waals surface area contributed by atoms with Gasteiger partial charge in [-0.15, -0.1) is 0 Å². The van der Waals surface area contributed by atoms with Crippen LogP contribution in [-0.2, 0) is 18.3 Å². The first-order valence-corrected chi connectivity index (χ1v) is 12.1. The number of rotatable bonds is 6. The van der Waals surface area contributed by atoms with Crippen LogP contribution >= 0.6 is 0 Å². The summed E-state index contributed by atoms with van der Waals surface area (Å²) in [6, 6.07) is 10.4. The monoisotopic (exact) mass is 486 g/mol. The zero-order valence-electron chi connectivity index (χ0n) is 21.0. The molecule has 0 N–H and O–H groups in total. The van der Waals surface area contributed by atoms with Gasteiger partial charge in [0.05, 0.1) is 47.2 Å². The molecule has 10 nitrogen and oxygen atoms in total. The molecule has 0 spiro atoms. The maximum atomic E-state index is 12.8. The Hall–Kier alpha value is -3.81. The molecule has 3 aromatic heterocycles. The van der Waals surface area contributed by atoms with Crippen molar-refractivity contribution in [1.82, 2.24) is 29.2 Å². The topological polar surface area (TPSA) is 105 Å². The number of nitrogens with zero attached hydrogens (tertiary/aromatic N) is 8. The third-order valence-electron chi connectivity index (χ3n) is 7.20. The van der Waals surface area contributed by atoms with E-state index in [0.717, 1.165) is 34.3 Å². The Morgan fingerprint density at radius 3 is 2.72 bits per heavy atom. The van der Waals surface area contributed by atoms with E-state index in [1.807, 2.05) is 6.07 Å². The largest absolute Gasteiger partial charge is 0.383 e. The molecule has 0 bridgehead atoms. The molecule has 186 valence electrons. The van der Waals surface area contributed by atoms with E-state index in [2.05, 4.69) is 56.9 Å². The van der Waals surface area contributed by atoms with Crippen molar-refractivity contribution in [2.45, 2.75) is 38.5 Å². The van der Waals surface area contributed by atoms with Crippen LogP contribution < -0.4 is 10.5 Å². The van der Waals surface area contributed by atoms with Crippen LogP contribution in [-0.4, -0.2) is 68.1 Å². The molecule has 1 aliphatic heterocycles. The average Bonchev–Trinajstić information content (AvgIpc) is 3.31. The van der Waals surface area contributed by atoms with Gasteiger partial charge in [0.15, 0.2) is 0 Å². The number of hydrogen-bond donors (Lipinski definition) is 0. The molecule has 36 heavy (non-hydrogen) atoms. The molecule has 1 aliphatic rings. The average molecular weight is 487 g/mol. The van der Waals surface area contributed by atoms with Crippen LogP contribution in [0.5, 0.6) is 0 Å².